The summed E-state index contributed by atoms with van der Waals surface area (Å²) in [5.74, 6) is 0.422. The number of phenolic OH excluding ortho intramolecular Hbond substituents is 2. The number of benzene rings is 1. The van der Waals surface area contributed by atoms with Crippen molar-refractivity contribution in [1.29, 1.82) is 0 Å². The van der Waals surface area contributed by atoms with Gasteiger partial charge in [-0.2, -0.15) is 0 Å². The van der Waals surface area contributed by atoms with Crippen molar-refractivity contribution in [3.05, 3.63) is 39.4 Å². The van der Waals surface area contributed by atoms with Gasteiger partial charge in [0.05, 0.1) is 16.7 Å². The molecule has 0 amide bonds. The number of aromatic hydroxyl groups is 2. The molecule has 0 fully saturated rings. The van der Waals surface area contributed by atoms with E-state index >= 15 is 0 Å². The number of fused-ring (bicyclic) bond motifs is 2. The summed E-state index contributed by atoms with van der Waals surface area (Å²) in [4.78, 5) is 12.2. The molecule has 3 rings (SSSR count). The van der Waals surface area contributed by atoms with Crippen molar-refractivity contribution in [2.75, 3.05) is 0 Å². The second-order valence-corrected chi connectivity index (χ2v) is 4.15. The molecule has 0 spiro atoms. The SMILES string of the molecule is CC1=Cc2oc3cc(O)c(O)cc3c(=O)c2CO1. The molecule has 5 nitrogen and oxygen atoms in total. The highest BCUT2D eigenvalue weighted by molar-refractivity contribution is 5.82. The minimum absolute atomic E-state index is 0.150. The molecular formula is C13H10O5. The van der Waals surface area contributed by atoms with Crippen LogP contribution in [0, 0.1) is 0 Å². The fourth-order valence-corrected chi connectivity index (χ4v) is 1.94. The predicted molar refractivity (Wildman–Crippen MR) is 64.3 cm³/mol. The van der Waals surface area contributed by atoms with Crippen molar-refractivity contribution in [3.63, 3.8) is 0 Å². The Balaban J connectivity index is 2.42. The number of rotatable bonds is 0. The Kier molecular flexibility index (Phi) is 2.10. The molecule has 2 aromatic rings. The highest BCUT2D eigenvalue weighted by Crippen LogP contribution is 2.31. The molecule has 5 heteroatoms. The lowest BCUT2D eigenvalue weighted by Crippen LogP contribution is -2.15. The summed E-state index contributed by atoms with van der Waals surface area (Å²) < 4.78 is 10.8. The van der Waals surface area contributed by atoms with Gasteiger partial charge in [0.1, 0.15) is 18.0 Å². The first-order chi connectivity index (χ1) is 8.56. The molecule has 0 radical (unpaired) electrons. The van der Waals surface area contributed by atoms with Crippen molar-refractivity contribution < 1.29 is 19.4 Å². The number of phenols is 2. The average molecular weight is 246 g/mol. The summed E-state index contributed by atoms with van der Waals surface area (Å²) in [5, 5.41) is 19.0. The summed E-state index contributed by atoms with van der Waals surface area (Å²) in [6, 6.07) is 2.42. The zero-order valence-electron chi connectivity index (χ0n) is 9.56. The molecule has 0 unspecified atom stereocenters. The second kappa shape index (κ2) is 3.53. The van der Waals surface area contributed by atoms with Crippen LogP contribution >= 0.6 is 0 Å². The van der Waals surface area contributed by atoms with Gasteiger partial charge in [-0.25, -0.2) is 0 Å². The molecule has 2 N–H and O–H groups in total. The van der Waals surface area contributed by atoms with Crippen molar-refractivity contribution in [2.24, 2.45) is 0 Å². The Labute approximate surface area is 102 Å². The van der Waals surface area contributed by atoms with Crippen LogP contribution in [0.4, 0.5) is 0 Å². The fraction of sp³-hybridized carbons (Fsp3) is 0.154. The van der Waals surface area contributed by atoms with Gasteiger partial charge in [-0.1, -0.05) is 0 Å². The van der Waals surface area contributed by atoms with E-state index in [0.717, 1.165) is 0 Å². The molecule has 18 heavy (non-hydrogen) atoms. The molecule has 0 bridgehead atoms. The quantitative estimate of drug-likeness (QED) is 0.696. The lowest BCUT2D eigenvalue weighted by atomic mass is 10.1. The largest absolute Gasteiger partial charge is 0.504 e. The Morgan fingerprint density at radius 2 is 1.94 bits per heavy atom. The van der Waals surface area contributed by atoms with Gasteiger partial charge in [0.2, 0.25) is 0 Å². The van der Waals surface area contributed by atoms with E-state index in [0.29, 0.717) is 17.1 Å². The van der Waals surface area contributed by atoms with Crippen molar-refractivity contribution >= 4 is 17.0 Å². The first kappa shape index (κ1) is 10.7. The van der Waals surface area contributed by atoms with E-state index < -0.39 is 0 Å². The minimum Gasteiger partial charge on any atom is -0.504 e. The second-order valence-electron chi connectivity index (χ2n) is 4.15. The molecule has 0 atom stereocenters. The van der Waals surface area contributed by atoms with Gasteiger partial charge < -0.3 is 19.4 Å². The van der Waals surface area contributed by atoms with E-state index in [2.05, 4.69) is 0 Å². The summed E-state index contributed by atoms with van der Waals surface area (Å²) >= 11 is 0. The maximum atomic E-state index is 12.2. The topological polar surface area (TPSA) is 79.9 Å². The Hall–Kier alpha value is -2.43. The van der Waals surface area contributed by atoms with Crippen LogP contribution in [0.3, 0.4) is 0 Å². The van der Waals surface area contributed by atoms with Gasteiger partial charge in [0.25, 0.3) is 0 Å². The standard InChI is InChI=1S/C13H10O5/c1-6-2-11-8(5-17-6)13(16)7-3-9(14)10(15)4-12(7)18-11/h2-4,14-15H,5H2,1H3. The molecule has 1 aromatic heterocycles. The van der Waals surface area contributed by atoms with Gasteiger partial charge in [-0.05, 0) is 13.0 Å². The third-order valence-electron chi connectivity index (χ3n) is 2.89. The van der Waals surface area contributed by atoms with Crippen molar-refractivity contribution in [3.8, 4) is 11.5 Å². The summed E-state index contributed by atoms with van der Waals surface area (Å²) in [5.41, 5.74) is 0.392. The molecular weight excluding hydrogens is 236 g/mol. The Morgan fingerprint density at radius 1 is 1.22 bits per heavy atom. The van der Waals surface area contributed by atoms with Gasteiger partial charge in [-0.15, -0.1) is 0 Å². The van der Waals surface area contributed by atoms with Gasteiger partial charge >= 0.3 is 0 Å². The first-order valence-corrected chi connectivity index (χ1v) is 5.39. The molecule has 92 valence electrons. The van der Waals surface area contributed by atoms with Gasteiger partial charge in [0, 0.05) is 12.1 Å². The number of hydrogen-bond donors (Lipinski definition) is 2. The minimum atomic E-state index is -0.349. The van der Waals surface area contributed by atoms with Crippen molar-refractivity contribution in [2.45, 2.75) is 13.5 Å². The third-order valence-corrected chi connectivity index (χ3v) is 2.89. The maximum absolute atomic E-state index is 12.2. The van der Waals surface area contributed by atoms with Crippen LogP contribution in [0.1, 0.15) is 18.2 Å². The van der Waals surface area contributed by atoms with Crippen LogP contribution in [0.25, 0.3) is 17.0 Å². The zero-order chi connectivity index (χ0) is 12.9. The highest BCUT2D eigenvalue weighted by Gasteiger charge is 2.18. The normalized spacial score (nSPS) is 13.9. The maximum Gasteiger partial charge on any atom is 0.200 e. The summed E-state index contributed by atoms with van der Waals surface area (Å²) in [7, 11) is 0. The number of hydrogen-bond acceptors (Lipinski definition) is 5. The molecule has 0 aliphatic carbocycles. The van der Waals surface area contributed by atoms with Crippen molar-refractivity contribution in [1.82, 2.24) is 0 Å². The molecule has 1 aliphatic heterocycles. The van der Waals surface area contributed by atoms with Crippen LogP contribution in [-0.4, -0.2) is 10.2 Å². The Bertz CT molecular complexity index is 739. The van der Waals surface area contributed by atoms with Crippen LogP contribution in [0.15, 0.2) is 27.1 Å². The number of ether oxygens (including phenoxy) is 1. The predicted octanol–water partition coefficient (Wildman–Crippen LogP) is 2.10. The smallest absolute Gasteiger partial charge is 0.200 e. The average Bonchev–Trinajstić information content (AvgIpc) is 2.32. The number of allylic oxidation sites excluding steroid dienone is 1. The van der Waals surface area contributed by atoms with E-state index in [1.54, 1.807) is 13.0 Å². The van der Waals surface area contributed by atoms with E-state index in [9.17, 15) is 15.0 Å². The van der Waals surface area contributed by atoms with E-state index in [1.165, 1.54) is 12.1 Å². The Morgan fingerprint density at radius 3 is 2.72 bits per heavy atom. The molecule has 2 heterocycles. The van der Waals surface area contributed by atoms with Crippen LogP contribution in [0.2, 0.25) is 0 Å². The van der Waals surface area contributed by atoms with E-state index in [1.807, 2.05) is 0 Å². The van der Waals surface area contributed by atoms with Crippen LogP contribution in [-0.2, 0) is 11.3 Å². The summed E-state index contributed by atoms with van der Waals surface area (Å²) in [6.07, 6.45) is 1.63. The van der Waals surface area contributed by atoms with Crippen LogP contribution in [0.5, 0.6) is 11.5 Å². The zero-order valence-corrected chi connectivity index (χ0v) is 9.56. The molecule has 1 aromatic carbocycles. The molecule has 1 aliphatic rings. The molecule has 0 saturated carbocycles. The van der Waals surface area contributed by atoms with Gasteiger partial charge in [0.15, 0.2) is 16.9 Å². The monoisotopic (exact) mass is 246 g/mol. The van der Waals surface area contributed by atoms with E-state index in [4.69, 9.17) is 9.15 Å². The fourth-order valence-electron chi connectivity index (χ4n) is 1.94. The summed E-state index contributed by atoms with van der Waals surface area (Å²) in [6.45, 7) is 1.92. The first-order valence-electron chi connectivity index (χ1n) is 5.39. The lowest BCUT2D eigenvalue weighted by Gasteiger charge is -2.14. The third kappa shape index (κ3) is 1.44. The lowest BCUT2D eigenvalue weighted by molar-refractivity contribution is 0.194. The van der Waals surface area contributed by atoms with E-state index in [-0.39, 0.29) is 34.5 Å². The molecule has 0 saturated heterocycles. The highest BCUT2D eigenvalue weighted by atomic mass is 16.5. The van der Waals surface area contributed by atoms with Gasteiger partial charge in [-0.3, -0.25) is 4.79 Å². The van der Waals surface area contributed by atoms with Crippen LogP contribution < -0.4 is 5.43 Å².